The molecule has 3 aromatic rings. The lowest BCUT2D eigenvalue weighted by Crippen LogP contribution is -2.32. The molecule has 0 radical (unpaired) electrons. The van der Waals surface area contributed by atoms with Gasteiger partial charge in [0, 0.05) is 0 Å². The molecule has 1 aliphatic rings. The van der Waals surface area contributed by atoms with E-state index in [1.807, 2.05) is 0 Å². The molecule has 4 rings (SSSR count). The van der Waals surface area contributed by atoms with Crippen LogP contribution in [-0.4, -0.2) is 36.3 Å². The highest BCUT2D eigenvalue weighted by Gasteiger charge is 2.26. The molecule has 5 N–H and O–H groups in total. The first-order valence-electron chi connectivity index (χ1n) is 6.12. The molecule has 0 fully saturated rings. The zero-order valence-electron chi connectivity index (χ0n) is 10.8. The van der Waals surface area contributed by atoms with Gasteiger partial charge in [0.05, 0.1) is 0 Å². The van der Waals surface area contributed by atoms with Crippen LogP contribution in [-0.2, 0) is 0 Å². The number of aromatic amines is 4. The van der Waals surface area contributed by atoms with Gasteiger partial charge in [0.15, 0.2) is 17.0 Å². The van der Waals surface area contributed by atoms with Gasteiger partial charge in [-0.2, -0.15) is 0 Å². The van der Waals surface area contributed by atoms with E-state index in [-0.39, 0.29) is 29.3 Å². The van der Waals surface area contributed by atoms with Crippen molar-refractivity contribution in [3.63, 3.8) is 0 Å². The summed E-state index contributed by atoms with van der Waals surface area (Å²) in [6.45, 7) is 0.138. The Hall–Kier alpha value is -3.57. The van der Waals surface area contributed by atoms with Crippen LogP contribution in [0.15, 0.2) is 25.5 Å². The fourth-order valence-electron chi connectivity index (χ4n) is 2.36. The van der Waals surface area contributed by atoms with Crippen molar-refractivity contribution in [1.29, 1.82) is 0 Å². The summed E-state index contributed by atoms with van der Waals surface area (Å²) in [5.41, 5.74) is -2.22. The van der Waals surface area contributed by atoms with Crippen molar-refractivity contribution in [2.24, 2.45) is 0 Å². The van der Waals surface area contributed by atoms with E-state index in [1.165, 1.54) is 16.0 Å². The summed E-state index contributed by atoms with van der Waals surface area (Å²) in [5, 5.41) is 4.27. The molecule has 0 saturated carbocycles. The van der Waals surface area contributed by atoms with Crippen molar-refractivity contribution in [1.82, 2.24) is 29.6 Å². The molecule has 22 heavy (non-hydrogen) atoms. The number of imidazole rings is 1. The third-order valence-electron chi connectivity index (χ3n) is 3.27. The van der Waals surface area contributed by atoms with Crippen molar-refractivity contribution >= 4 is 22.7 Å². The lowest BCUT2D eigenvalue weighted by molar-refractivity contribution is 0.738. The number of nitrogens with zero attached hydrogens (tertiary/aromatic N) is 3. The standard InChI is InChI=1S/C10H8N8O4/c19-7-3-5(13-9(21)15-7)17(1-11-3)18-2-12-4-6(18)14-10(22)16-8(4)20/h1,12H,2H2,(H2,13,15,19,21)(H2,14,16,20,22). The SMILES string of the molecule is O=c1[nH]c2c(c(=O)[nH]1)NCN2n1cnc2c(=O)[nH]c(=O)[nH]c21. The number of hydrogen-bond donors (Lipinski definition) is 5. The van der Waals surface area contributed by atoms with E-state index in [0.29, 0.717) is 0 Å². The molecule has 4 heterocycles. The molecule has 0 amide bonds. The molecule has 12 heteroatoms. The van der Waals surface area contributed by atoms with E-state index in [9.17, 15) is 19.2 Å². The first-order chi connectivity index (χ1) is 10.5. The first-order valence-corrected chi connectivity index (χ1v) is 6.12. The topological polar surface area (TPSA) is 165 Å². The van der Waals surface area contributed by atoms with Crippen LogP contribution in [0.25, 0.3) is 11.2 Å². The summed E-state index contributed by atoms with van der Waals surface area (Å²) in [5.74, 6) is 0.203. The zero-order chi connectivity index (χ0) is 15.4. The normalized spacial score (nSPS) is 13.4. The Kier molecular flexibility index (Phi) is 2.20. The summed E-state index contributed by atoms with van der Waals surface area (Å²) in [7, 11) is 0. The van der Waals surface area contributed by atoms with E-state index >= 15 is 0 Å². The van der Waals surface area contributed by atoms with Gasteiger partial charge in [0.25, 0.3) is 11.1 Å². The van der Waals surface area contributed by atoms with E-state index in [2.05, 4.69) is 30.2 Å². The molecular formula is C10H8N8O4. The molecule has 0 aromatic carbocycles. The van der Waals surface area contributed by atoms with Gasteiger partial charge in [-0.05, 0) is 0 Å². The molecule has 3 aromatic heterocycles. The second kappa shape index (κ2) is 3.97. The van der Waals surface area contributed by atoms with Gasteiger partial charge in [-0.25, -0.2) is 24.3 Å². The summed E-state index contributed by atoms with van der Waals surface area (Å²) in [6.07, 6.45) is 1.30. The van der Waals surface area contributed by atoms with E-state index < -0.39 is 22.5 Å². The number of aromatic nitrogens is 6. The predicted octanol–water partition coefficient (Wildman–Crippen LogP) is -2.56. The molecule has 112 valence electrons. The molecule has 0 bridgehead atoms. The summed E-state index contributed by atoms with van der Waals surface area (Å²) in [6, 6.07) is 0. The smallest absolute Gasteiger partial charge is 0.327 e. The van der Waals surface area contributed by atoms with Crippen molar-refractivity contribution in [3.05, 3.63) is 48.0 Å². The average molecular weight is 304 g/mol. The monoisotopic (exact) mass is 304 g/mol. The molecule has 0 saturated heterocycles. The molecule has 0 atom stereocenters. The Labute approximate surface area is 118 Å². The van der Waals surface area contributed by atoms with Crippen molar-refractivity contribution in [2.75, 3.05) is 17.0 Å². The Bertz CT molecular complexity index is 1130. The predicted molar refractivity (Wildman–Crippen MR) is 75.0 cm³/mol. The fraction of sp³-hybridized carbons (Fsp3) is 0.100. The highest BCUT2D eigenvalue weighted by atomic mass is 16.2. The van der Waals surface area contributed by atoms with Crippen molar-refractivity contribution in [2.45, 2.75) is 0 Å². The molecule has 12 nitrogen and oxygen atoms in total. The zero-order valence-corrected chi connectivity index (χ0v) is 10.8. The van der Waals surface area contributed by atoms with Crippen LogP contribution in [0.5, 0.6) is 0 Å². The van der Waals surface area contributed by atoms with Gasteiger partial charge < -0.3 is 5.32 Å². The maximum absolute atomic E-state index is 11.7. The lowest BCUT2D eigenvalue weighted by atomic mass is 10.5. The van der Waals surface area contributed by atoms with Gasteiger partial charge in [0.1, 0.15) is 18.7 Å². The number of nitrogens with one attached hydrogen (secondary N) is 5. The Balaban J connectivity index is 2.00. The van der Waals surface area contributed by atoms with Crippen molar-refractivity contribution < 1.29 is 0 Å². The highest BCUT2D eigenvalue weighted by Crippen LogP contribution is 2.24. The van der Waals surface area contributed by atoms with Crippen LogP contribution in [0, 0.1) is 0 Å². The number of H-pyrrole nitrogens is 4. The third kappa shape index (κ3) is 1.54. The molecule has 1 aliphatic heterocycles. The minimum atomic E-state index is -0.689. The molecule has 0 aliphatic carbocycles. The second-order valence-corrected chi connectivity index (χ2v) is 4.56. The van der Waals surface area contributed by atoms with Gasteiger partial charge in [-0.15, -0.1) is 0 Å². The van der Waals surface area contributed by atoms with Crippen LogP contribution < -0.4 is 32.8 Å². The minimum absolute atomic E-state index is 0.0280. The quantitative estimate of drug-likeness (QED) is 0.330. The van der Waals surface area contributed by atoms with Crippen LogP contribution in [0.2, 0.25) is 0 Å². The largest absolute Gasteiger partial charge is 0.359 e. The Morgan fingerprint density at radius 1 is 0.955 bits per heavy atom. The Morgan fingerprint density at radius 2 is 1.68 bits per heavy atom. The van der Waals surface area contributed by atoms with Crippen LogP contribution >= 0.6 is 0 Å². The number of rotatable bonds is 1. The highest BCUT2D eigenvalue weighted by molar-refractivity contribution is 5.74. The average Bonchev–Trinajstić information content (AvgIpc) is 3.02. The molecule has 0 spiro atoms. The van der Waals surface area contributed by atoms with Gasteiger partial charge in [-0.1, -0.05) is 0 Å². The second-order valence-electron chi connectivity index (χ2n) is 4.56. The minimum Gasteiger partial charge on any atom is -0.359 e. The van der Waals surface area contributed by atoms with E-state index in [0.717, 1.165) is 0 Å². The van der Waals surface area contributed by atoms with Crippen LogP contribution in [0.3, 0.4) is 0 Å². The number of hydrogen-bond acceptors (Lipinski definition) is 7. The summed E-state index contributed by atoms with van der Waals surface area (Å²) in [4.78, 5) is 59.3. The van der Waals surface area contributed by atoms with Crippen LogP contribution in [0.4, 0.5) is 11.5 Å². The van der Waals surface area contributed by atoms with Gasteiger partial charge >= 0.3 is 11.4 Å². The molecular weight excluding hydrogens is 296 g/mol. The Morgan fingerprint density at radius 3 is 2.50 bits per heavy atom. The maximum atomic E-state index is 11.7. The molecule has 0 unspecified atom stereocenters. The fourth-order valence-corrected chi connectivity index (χ4v) is 2.36. The van der Waals surface area contributed by atoms with Gasteiger partial charge in [-0.3, -0.25) is 29.5 Å². The van der Waals surface area contributed by atoms with Crippen molar-refractivity contribution in [3.8, 4) is 0 Å². The third-order valence-corrected chi connectivity index (χ3v) is 3.27. The van der Waals surface area contributed by atoms with E-state index in [1.54, 1.807) is 0 Å². The maximum Gasteiger partial charge on any atom is 0.327 e. The lowest BCUT2D eigenvalue weighted by Gasteiger charge is -2.18. The number of fused-ring (bicyclic) bond motifs is 2. The first kappa shape index (κ1) is 12.2. The summed E-state index contributed by atoms with van der Waals surface area (Å²) >= 11 is 0. The number of anilines is 2. The summed E-state index contributed by atoms with van der Waals surface area (Å²) < 4.78 is 1.36. The van der Waals surface area contributed by atoms with Crippen LogP contribution in [0.1, 0.15) is 0 Å². The van der Waals surface area contributed by atoms with E-state index in [4.69, 9.17) is 0 Å². The van der Waals surface area contributed by atoms with Gasteiger partial charge in [0.2, 0.25) is 0 Å².